The number of thiophene rings is 2. The summed E-state index contributed by atoms with van der Waals surface area (Å²) < 4.78 is 39.0. The van der Waals surface area contributed by atoms with E-state index in [4.69, 9.17) is 14.9 Å². The summed E-state index contributed by atoms with van der Waals surface area (Å²) >= 11 is 2.24. The second kappa shape index (κ2) is 10.8. The van der Waals surface area contributed by atoms with E-state index in [1.54, 1.807) is 12.1 Å². The van der Waals surface area contributed by atoms with Crippen LogP contribution in [0.15, 0.2) is 77.2 Å². The molecule has 0 aliphatic carbocycles. The highest BCUT2D eigenvalue weighted by Gasteiger charge is 2.26. The number of hydrogen-bond donors (Lipinski definition) is 2. The second-order valence-electron chi connectivity index (χ2n) is 9.17. The second-order valence-corrected chi connectivity index (χ2v) is 11.5. The molecule has 0 aliphatic rings. The third-order valence-corrected chi connectivity index (χ3v) is 8.49. The number of amides is 2. The Hall–Kier alpha value is -4.61. The first-order valence-electron chi connectivity index (χ1n) is 12.4. The van der Waals surface area contributed by atoms with Gasteiger partial charge in [0.25, 0.3) is 18.2 Å². The number of hydrogen-bond acceptors (Lipinski definition) is 7. The summed E-state index contributed by atoms with van der Waals surface area (Å²) in [5, 5.41) is 5.19. The number of primary amides is 1. The summed E-state index contributed by atoms with van der Waals surface area (Å²) in [6.07, 6.45) is -2.82. The monoisotopic (exact) mass is 589 g/mol. The molecule has 11 heteroatoms. The number of carbonyl (C=O) groups excluding carboxylic acids is 2. The number of ether oxygens (including phenoxy) is 1. The number of alkyl halides is 2. The van der Waals surface area contributed by atoms with Crippen molar-refractivity contribution < 1.29 is 27.5 Å². The Morgan fingerprint density at radius 2 is 1.83 bits per heavy atom. The maximum atomic E-state index is 13.7. The molecule has 2 aromatic carbocycles. The van der Waals surface area contributed by atoms with Crippen LogP contribution < -0.4 is 15.8 Å². The van der Waals surface area contributed by atoms with Gasteiger partial charge in [-0.05, 0) is 60.2 Å². The molecule has 0 fully saturated rings. The smallest absolute Gasteiger partial charge is 0.291 e. The van der Waals surface area contributed by atoms with Gasteiger partial charge in [-0.25, -0.2) is 13.8 Å². The van der Waals surface area contributed by atoms with Crippen LogP contribution in [0.4, 0.5) is 14.5 Å². The number of aryl methyl sites for hydroxylation is 1. The van der Waals surface area contributed by atoms with Gasteiger partial charge >= 0.3 is 0 Å². The van der Waals surface area contributed by atoms with E-state index in [9.17, 15) is 18.4 Å². The highest BCUT2D eigenvalue weighted by atomic mass is 32.1. The zero-order chi connectivity index (χ0) is 28.7. The van der Waals surface area contributed by atoms with E-state index in [2.05, 4.69) is 10.3 Å². The summed E-state index contributed by atoms with van der Waals surface area (Å²) in [6, 6.07) is 21.7. The molecule has 0 aliphatic heterocycles. The normalized spacial score (nSPS) is 11.4. The Labute approximate surface area is 240 Å². The molecular formula is C30H21F2N3O4S2. The fourth-order valence-corrected chi connectivity index (χ4v) is 6.36. The molecule has 41 heavy (non-hydrogen) atoms. The minimum Gasteiger partial charge on any atom is -0.486 e. The van der Waals surface area contributed by atoms with Crippen LogP contribution in [0.25, 0.3) is 31.4 Å². The highest BCUT2D eigenvalue weighted by Crippen LogP contribution is 2.44. The van der Waals surface area contributed by atoms with Crippen molar-refractivity contribution >= 4 is 61.2 Å². The lowest BCUT2D eigenvalue weighted by Crippen LogP contribution is -2.16. The van der Waals surface area contributed by atoms with E-state index in [0.29, 0.717) is 27.3 Å². The predicted octanol–water partition coefficient (Wildman–Crippen LogP) is 7.95. The van der Waals surface area contributed by atoms with E-state index in [1.165, 1.54) is 23.5 Å². The average molecular weight is 590 g/mol. The Bertz CT molecular complexity index is 1940. The number of nitrogens with zero attached hydrogens (tertiary/aromatic N) is 1. The van der Waals surface area contributed by atoms with Gasteiger partial charge < -0.3 is 20.2 Å². The minimum atomic E-state index is -2.82. The van der Waals surface area contributed by atoms with Gasteiger partial charge in [-0.3, -0.25) is 9.59 Å². The van der Waals surface area contributed by atoms with E-state index in [-0.39, 0.29) is 27.8 Å². The maximum absolute atomic E-state index is 13.7. The molecule has 2 amide bonds. The van der Waals surface area contributed by atoms with Gasteiger partial charge in [0.2, 0.25) is 0 Å². The average Bonchev–Trinajstić information content (AvgIpc) is 3.70. The number of carbonyl (C=O) groups is 2. The van der Waals surface area contributed by atoms with Gasteiger partial charge in [0.05, 0.1) is 5.69 Å². The quantitative estimate of drug-likeness (QED) is 0.187. The Balaban J connectivity index is 1.30. The first-order chi connectivity index (χ1) is 19.8. The van der Waals surface area contributed by atoms with Crippen molar-refractivity contribution in [2.75, 3.05) is 5.32 Å². The summed E-state index contributed by atoms with van der Waals surface area (Å²) in [6.45, 7) is 1.98. The number of benzene rings is 2. The summed E-state index contributed by atoms with van der Waals surface area (Å²) in [5.74, 6) is -0.433. The van der Waals surface area contributed by atoms with Crippen LogP contribution >= 0.6 is 22.7 Å². The Morgan fingerprint density at radius 1 is 1.02 bits per heavy atom. The molecule has 7 nitrogen and oxygen atoms in total. The third-order valence-electron chi connectivity index (χ3n) is 6.36. The molecule has 0 saturated carbocycles. The van der Waals surface area contributed by atoms with Crippen LogP contribution in [0, 0.1) is 6.92 Å². The predicted molar refractivity (Wildman–Crippen MR) is 156 cm³/mol. The van der Waals surface area contributed by atoms with Crippen LogP contribution in [0.1, 0.15) is 43.0 Å². The number of halogens is 2. The lowest BCUT2D eigenvalue weighted by Gasteiger charge is -2.09. The Morgan fingerprint density at radius 3 is 2.56 bits per heavy atom. The number of fused-ring (bicyclic) bond motifs is 2. The molecule has 6 rings (SSSR count). The molecule has 0 bridgehead atoms. The third kappa shape index (κ3) is 5.29. The molecular weight excluding hydrogens is 568 g/mol. The molecule has 0 saturated heterocycles. The molecule has 4 aromatic heterocycles. The lowest BCUT2D eigenvalue weighted by atomic mass is 10.1. The number of nitrogens with two attached hydrogens (primary N) is 1. The van der Waals surface area contributed by atoms with Crippen LogP contribution in [0.2, 0.25) is 0 Å². The van der Waals surface area contributed by atoms with Crippen molar-refractivity contribution in [2.24, 2.45) is 5.73 Å². The fourth-order valence-electron chi connectivity index (χ4n) is 4.46. The van der Waals surface area contributed by atoms with E-state index < -0.39 is 23.9 Å². The highest BCUT2D eigenvalue weighted by molar-refractivity contribution is 7.21. The standard InChI is InChI=1S/C30H21F2N3O4S2/c1-15-6-11-23(40-15)20-13-21(27(31)32)34-30-24(20)25(26(41-30)28(33)36)35-29(37)22-10-9-19(39-22)14-38-18-8-7-16-4-2-3-5-17(16)12-18/h2-13,27H,14H2,1H3,(H2,33,36)(H,35,37). The summed E-state index contributed by atoms with van der Waals surface area (Å²) in [7, 11) is 0. The fraction of sp³-hybridized carbons (Fsp3) is 0.100. The molecule has 0 spiro atoms. The van der Waals surface area contributed by atoms with Gasteiger partial charge in [0.1, 0.15) is 33.5 Å². The lowest BCUT2D eigenvalue weighted by molar-refractivity contribution is 0.0992. The summed E-state index contributed by atoms with van der Waals surface area (Å²) in [5.41, 5.74) is 5.71. The van der Waals surface area contributed by atoms with Crippen molar-refractivity contribution in [2.45, 2.75) is 20.0 Å². The van der Waals surface area contributed by atoms with Crippen LogP contribution in [-0.2, 0) is 6.61 Å². The van der Waals surface area contributed by atoms with Crippen molar-refractivity contribution in [1.82, 2.24) is 4.98 Å². The van der Waals surface area contributed by atoms with Crippen molar-refractivity contribution in [3.8, 4) is 16.2 Å². The maximum Gasteiger partial charge on any atom is 0.291 e. The largest absolute Gasteiger partial charge is 0.486 e. The van der Waals surface area contributed by atoms with Gasteiger partial charge in [0.15, 0.2) is 5.76 Å². The first kappa shape index (κ1) is 26.6. The van der Waals surface area contributed by atoms with Crippen LogP contribution in [-0.4, -0.2) is 16.8 Å². The molecule has 206 valence electrons. The van der Waals surface area contributed by atoms with Gasteiger partial charge in [-0.1, -0.05) is 30.3 Å². The van der Waals surface area contributed by atoms with E-state index in [1.807, 2.05) is 55.5 Å². The van der Waals surface area contributed by atoms with Crippen LogP contribution in [0.3, 0.4) is 0 Å². The van der Waals surface area contributed by atoms with Crippen LogP contribution in [0.5, 0.6) is 5.75 Å². The summed E-state index contributed by atoms with van der Waals surface area (Å²) in [4.78, 5) is 31.5. The van der Waals surface area contributed by atoms with Gasteiger partial charge in [-0.15, -0.1) is 22.7 Å². The minimum absolute atomic E-state index is 0.00629. The SMILES string of the molecule is Cc1ccc(-c2cc(C(F)F)nc3sc(C(N)=O)c(NC(=O)c4ccc(COc5ccc6ccccc6c5)o4)c23)s1. The van der Waals surface area contributed by atoms with E-state index in [0.717, 1.165) is 27.0 Å². The number of aromatic nitrogens is 1. The van der Waals surface area contributed by atoms with Gasteiger partial charge in [0, 0.05) is 20.7 Å². The number of anilines is 1. The van der Waals surface area contributed by atoms with E-state index >= 15 is 0 Å². The topological polar surface area (TPSA) is 107 Å². The first-order valence-corrected chi connectivity index (χ1v) is 14.0. The molecule has 3 N–H and O–H groups in total. The zero-order valence-electron chi connectivity index (χ0n) is 21.4. The van der Waals surface area contributed by atoms with Crippen molar-refractivity contribution in [3.63, 3.8) is 0 Å². The Kier molecular flexibility index (Phi) is 6.98. The number of rotatable bonds is 8. The van der Waals surface area contributed by atoms with Gasteiger partial charge in [-0.2, -0.15) is 0 Å². The molecule has 4 heterocycles. The molecule has 0 unspecified atom stereocenters. The number of nitrogens with one attached hydrogen (secondary N) is 1. The molecule has 0 radical (unpaired) electrons. The molecule has 0 atom stereocenters. The number of furan rings is 1. The zero-order valence-corrected chi connectivity index (χ0v) is 23.1. The van der Waals surface area contributed by atoms with Crippen molar-refractivity contribution in [1.29, 1.82) is 0 Å². The van der Waals surface area contributed by atoms with Crippen molar-refractivity contribution in [3.05, 3.63) is 99.8 Å². The number of pyridine rings is 1. The molecule has 6 aromatic rings.